The fourth-order valence-electron chi connectivity index (χ4n) is 3.63. The molecule has 6 nitrogen and oxygen atoms in total. The molecule has 1 N–H and O–H groups in total. The lowest BCUT2D eigenvalue weighted by atomic mass is 10.1. The zero-order valence-electron chi connectivity index (χ0n) is 17.1. The summed E-state index contributed by atoms with van der Waals surface area (Å²) in [5.41, 5.74) is 2.01. The van der Waals surface area contributed by atoms with Gasteiger partial charge in [0.15, 0.2) is 0 Å². The van der Waals surface area contributed by atoms with Crippen molar-refractivity contribution >= 4 is 15.9 Å². The van der Waals surface area contributed by atoms with Crippen molar-refractivity contribution in [3.05, 3.63) is 59.2 Å². The smallest absolute Gasteiger partial charge is 0.251 e. The Bertz CT molecular complexity index is 988. The van der Waals surface area contributed by atoms with Crippen LogP contribution in [-0.2, 0) is 16.6 Å². The fraction of sp³-hybridized carbons (Fsp3) is 0.409. The Hall–Kier alpha value is -2.38. The van der Waals surface area contributed by atoms with E-state index in [-0.39, 0.29) is 16.8 Å². The lowest BCUT2D eigenvalue weighted by Gasteiger charge is -2.32. The number of ether oxygens (including phenoxy) is 1. The zero-order chi connectivity index (χ0) is 21.0. The predicted molar refractivity (Wildman–Crippen MR) is 113 cm³/mol. The summed E-state index contributed by atoms with van der Waals surface area (Å²) in [6.45, 7) is 4.59. The second kappa shape index (κ2) is 8.97. The van der Waals surface area contributed by atoms with Crippen LogP contribution in [0.5, 0.6) is 5.75 Å². The molecule has 29 heavy (non-hydrogen) atoms. The molecule has 0 radical (unpaired) electrons. The molecule has 0 spiro atoms. The average molecular weight is 417 g/mol. The summed E-state index contributed by atoms with van der Waals surface area (Å²) in [5, 5.41) is 2.87. The first kappa shape index (κ1) is 21.3. The second-order valence-electron chi connectivity index (χ2n) is 7.47. The van der Waals surface area contributed by atoms with Gasteiger partial charge in [-0.1, -0.05) is 24.6 Å². The monoisotopic (exact) mass is 416 g/mol. The number of piperidine rings is 1. The minimum Gasteiger partial charge on any atom is -0.497 e. The molecule has 2 aromatic carbocycles. The van der Waals surface area contributed by atoms with Crippen molar-refractivity contribution in [1.29, 1.82) is 0 Å². The zero-order valence-corrected chi connectivity index (χ0v) is 18.0. The first-order chi connectivity index (χ1) is 13.8. The summed E-state index contributed by atoms with van der Waals surface area (Å²) in [5.74, 6) is 0.422. The topological polar surface area (TPSA) is 75.7 Å². The minimum atomic E-state index is -3.62. The molecule has 1 saturated heterocycles. The first-order valence-corrected chi connectivity index (χ1v) is 11.3. The van der Waals surface area contributed by atoms with E-state index in [0.717, 1.165) is 36.1 Å². The highest BCUT2D eigenvalue weighted by Gasteiger charge is 2.31. The number of benzene rings is 2. The van der Waals surface area contributed by atoms with Crippen molar-refractivity contribution in [1.82, 2.24) is 9.62 Å². The van der Waals surface area contributed by atoms with Gasteiger partial charge < -0.3 is 10.1 Å². The Morgan fingerprint density at radius 2 is 2.00 bits per heavy atom. The Kier molecular flexibility index (Phi) is 6.59. The maximum absolute atomic E-state index is 13.1. The number of nitrogens with one attached hydrogen (secondary N) is 1. The lowest BCUT2D eigenvalue weighted by molar-refractivity contribution is 0.0950. The van der Waals surface area contributed by atoms with Crippen LogP contribution in [0.15, 0.2) is 47.4 Å². The summed E-state index contributed by atoms with van der Waals surface area (Å²) < 4.78 is 33.0. The number of aryl methyl sites for hydroxylation is 1. The minimum absolute atomic E-state index is 0.0274. The molecule has 1 atom stereocenters. The Morgan fingerprint density at radius 3 is 2.72 bits per heavy atom. The number of amides is 1. The number of sulfonamides is 1. The molecule has 0 aliphatic carbocycles. The third-order valence-electron chi connectivity index (χ3n) is 5.39. The molecule has 7 heteroatoms. The second-order valence-corrected chi connectivity index (χ2v) is 9.36. The van der Waals surface area contributed by atoms with E-state index in [9.17, 15) is 13.2 Å². The van der Waals surface area contributed by atoms with Gasteiger partial charge in [0.1, 0.15) is 5.75 Å². The van der Waals surface area contributed by atoms with E-state index < -0.39 is 10.0 Å². The number of hydrogen-bond donors (Lipinski definition) is 1. The van der Waals surface area contributed by atoms with Gasteiger partial charge in [-0.25, -0.2) is 8.42 Å². The molecule has 2 aromatic rings. The van der Waals surface area contributed by atoms with Crippen molar-refractivity contribution in [3.63, 3.8) is 0 Å². The summed E-state index contributed by atoms with van der Waals surface area (Å²) in [4.78, 5) is 12.9. The van der Waals surface area contributed by atoms with Gasteiger partial charge in [0.05, 0.1) is 12.0 Å². The van der Waals surface area contributed by atoms with Crippen LogP contribution in [0.4, 0.5) is 0 Å². The van der Waals surface area contributed by atoms with Gasteiger partial charge in [-0.05, 0) is 62.1 Å². The van der Waals surface area contributed by atoms with E-state index in [4.69, 9.17) is 4.74 Å². The van der Waals surface area contributed by atoms with Crippen LogP contribution < -0.4 is 10.1 Å². The molecule has 0 saturated carbocycles. The highest BCUT2D eigenvalue weighted by atomic mass is 32.2. The van der Waals surface area contributed by atoms with Gasteiger partial charge in [0.2, 0.25) is 10.0 Å². The van der Waals surface area contributed by atoms with Crippen LogP contribution in [0.1, 0.15) is 47.7 Å². The van der Waals surface area contributed by atoms with Crippen LogP contribution >= 0.6 is 0 Å². The predicted octanol–water partition coefficient (Wildman–Crippen LogP) is 3.50. The quantitative estimate of drug-likeness (QED) is 0.782. The number of carbonyl (C=O) groups excluding carboxylic acids is 1. The Morgan fingerprint density at radius 1 is 1.21 bits per heavy atom. The summed E-state index contributed by atoms with van der Waals surface area (Å²) in [6.07, 6.45) is 2.77. The highest BCUT2D eigenvalue weighted by Crippen LogP contribution is 2.26. The van der Waals surface area contributed by atoms with Crippen molar-refractivity contribution in [2.75, 3.05) is 13.7 Å². The number of nitrogens with zero attached hydrogens (tertiary/aromatic N) is 1. The van der Waals surface area contributed by atoms with Gasteiger partial charge >= 0.3 is 0 Å². The summed E-state index contributed by atoms with van der Waals surface area (Å²) >= 11 is 0. The van der Waals surface area contributed by atoms with Crippen molar-refractivity contribution < 1.29 is 17.9 Å². The molecule has 1 unspecified atom stereocenters. The standard InChI is InChI=1S/C22H28N2O4S/c1-16-10-11-20(29(26,27)24-12-5-4-7-17(24)2)14-21(16)22(25)23-15-18-8-6-9-19(13-18)28-3/h6,8-11,13-14,17H,4-5,7,12,15H2,1-3H3,(H,23,25). The number of carbonyl (C=O) groups is 1. The molecular weight excluding hydrogens is 388 g/mol. The van der Waals surface area contributed by atoms with E-state index in [2.05, 4.69) is 5.32 Å². The van der Waals surface area contributed by atoms with E-state index in [1.165, 1.54) is 6.07 Å². The molecular formula is C22H28N2O4S. The van der Waals surface area contributed by atoms with Crippen LogP contribution in [-0.4, -0.2) is 38.3 Å². The number of methoxy groups -OCH3 is 1. The normalized spacial score (nSPS) is 17.7. The van der Waals surface area contributed by atoms with E-state index in [1.54, 1.807) is 30.5 Å². The van der Waals surface area contributed by atoms with Gasteiger partial charge in [0, 0.05) is 24.7 Å². The summed E-state index contributed by atoms with van der Waals surface area (Å²) in [7, 11) is -2.03. The van der Waals surface area contributed by atoms with Crippen molar-refractivity contribution in [3.8, 4) is 5.75 Å². The molecule has 1 aliphatic heterocycles. The molecule has 1 fully saturated rings. The SMILES string of the molecule is COc1cccc(CNC(=O)c2cc(S(=O)(=O)N3CCCCC3C)ccc2C)c1. The van der Waals surface area contributed by atoms with Gasteiger partial charge in [-0.3, -0.25) is 4.79 Å². The molecule has 1 amide bonds. The largest absolute Gasteiger partial charge is 0.497 e. The average Bonchev–Trinajstić information content (AvgIpc) is 2.72. The maximum atomic E-state index is 13.1. The third-order valence-corrected chi connectivity index (χ3v) is 7.40. The molecule has 3 rings (SSSR count). The molecule has 156 valence electrons. The van der Waals surface area contributed by atoms with Crippen molar-refractivity contribution in [2.24, 2.45) is 0 Å². The Balaban J connectivity index is 1.80. The highest BCUT2D eigenvalue weighted by molar-refractivity contribution is 7.89. The fourth-order valence-corrected chi connectivity index (χ4v) is 5.36. The summed E-state index contributed by atoms with van der Waals surface area (Å²) in [6, 6.07) is 12.2. The van der Waals surface area contributed by atoms with Gasteiger partial charge in [0.25, 0.3) is 5.91 Å². The number of hydrogen-bond acceptors (Lipinski definition) is 4. The Labute approximate surface area is 172 Å². The molecule has 0 aromatic heterocycles. The van der Waals surface area contributed by atoms with Crippen LogP contribution in [0, 0.1) is 6.92 Å². The van der Waals surface area contributed by atoms with E-state index in [1.807, 2.05) is 31.2 Å². The third kappa shape index (κ3) is 4.79. The van der Waals surface area contributed by atoms with E-state index >= 15 is 0 Å². The first-order valence-electron chi connectivity index (χ1n) is 9.86. The molecule has 1 aliphatic rings. The van der Waals surface area contributed by atoms with Gasteiger partial charge in [-0.15, -0.1) is 0 Å². The van der Waals surface area contributed by atoms with Crippen LogP contribution in [0.3, 0.4) is 0 Å². The lowest BCUT2D eigenvalue weighted by Crippen LogP contribution is -2.42. The number of rotatable bonds is 6. The molecule has 1 heterocycles. The van der Waals surface area contributed by atoms with Gasteiger partial charge in [-0.2, -0.15) is 4.31 Å². The van der Waals surface area contributed by atoms with Crippen LogP contribution in [0.2, 0.25) is 0 Å². The maximum Gasteiger partial charge on any atom is 0.251 e. The van der Waals surface area contributed by atoms with Crippen molar-refractivity contribution in [2.45, 2.75) is 50.6 Å². The molecule has 0 bridgehead atoms. The van der Waals surface area contributed by atoms with E-state index in [0.29, 0.717) is 18.7 Å². The van der Waals surface area contributed by atoms with Crippen LogP contribution in [0.25, 0.3) is 0 Å².